The molecule has 0 aliphatic carbocycles. The van der Waals surface area contributed by atoms with Gasteiger partial charge in [-0.2, -0.15) is 13.2 Å². The lowest BCUT2D eigenvalue weighted by molar-refractivity contribution is -0.141. The van der Waals surface area contributed by atoms with Crippen LogP contribution in [0.1, 0.15) is 47.6 Å². The van der Waals surface area contributed by atoms with E-state index in [1.54, 1.807) is 30.3 Å². The van der Waals surface area contributed by atoms with Crippen LogP contribution in [0.25, 0.3) is 0 Å². The van der Waals surface area contributed by atoms with Crippen LogP contribution >= 0.6 is 11.6 Å². The number of piperazine rings is 1. The molecule has 2 saturated heterocycles. The van der Waals surface area contributed by atoms with Crippen LogP contribution in [0.5, 0.6) is 0 Å². The summed E-state index contributed by atoms with van der Waals surface area (Å²) in [6.07, 6.45) is -2.40. The number of halogens is 5. The number of ether oxygens (including phenoxy) is 1. The van der Waals surface area contributed by atoms with Gasteiger partial charge in [-0.05, 0) is 67.1 Å². The van der Waals surface area contributed by atoms with Gasteiger partial charge in [-0.25, -0.2) is 13.4 Å². The van der Waals surface area contributed by atoms with Crippen LogP contribution < -0.4 is 16.0 Å². The molecule has 5 unspecified atom stereocenters. The lowest BCUT2D eigenvalue weighted by atomic mass is 9.85. The first-order valence-electron chi connectivity index (χ1n) is 15.6. The Kier molecular flexibility index (Phi) is 11.9. The van der Waals surface area contributed by atoms with Crippen LogP contribution in [0.2, 0.25) is 5.02 Å². The Hall–Kier alpha value is -3.63. The molecule has 1 aromatic heterocycles. The molecular formula is C33H36ClF4N5O5S. The first-order valence-corrected chi connectivity index (χ1v) is 17.3. The van der Waals surface area contributed by atoms with E-state index in [0.717, 1.165) is 32.3 Å². The molecule has 2 fully saturated rings. The molecule has 49 heavy (non-hydrogen) atoms. The normalized spacial score (nSPS) is 21.9. The number of benzene rings is 2. The molecule has 264 valence electrons. The van der Waals surface area contributed by atoms with Crippen LogP contribution in [0.3, 0.4) is 0 Å². The molecule has 2 amide bonds. The highest BCUT2D eigenvalue weighted by Gasteiger charge is 2.47. The zero-order valence-electron chi connectivity index (χ0n) is 26.4. The van der Waals surface area contributed by atoms with Crippen molar-refractivity contribution >= 4 is 40.4 Å². The predicted octanol–water partition coefficient (Wildman–Crippen LogP) is 5.35. The number of fused-ring (bicyclic) bond motifs is 1. The van der Waals surface area contributed by atoms with E-state index in [0.29, 0.717) is 30.0 Å². The average molecular weight is 726 g/mol. The third kappa shape index (κ3) is 9.34. The molecule has 2 aromatic carbocycles. The van der Waals surface area contributed by atoms with Gasteiger partial charge in [0.25, 0.3) is 0 Å². The number of hydrogen-bond donors (Lipinski definition) is 4. The number of hydrogen-bond acceptors (Lipinski definition) is 7. The smallest absolute Gasteiger partial charge is 0.433 e. The number of aromatic nitrogens is 1. The Morgan fingerprint density at radius 1 is 1.14 bits per heavy atom. The average Bonchev–Trinajstić information content (AvgIpc) is 3.87. The summed E-state index contributed by atoms with van der Waals surface area (Å²) in [6.45, 7) is 1.57. The second-order valence-corrected chi connectivity index (χ2v) is 13.5. The van der Waals surface area contributed by atoms with Gasteiger partial charge in [-0.15, -0.1) is 0 Å². The highest BCUT2D eigenvalue weighted by molar-refractivity contribution is 7.79. The summed E-state index contributed by atoms with van der Waals surface area (Å²) in [7, 11) is 1.10. The van der Waals surface area contributed by atoms with Crippen LogP contribution in [0.4, 0.5) is 28.0 Å². The van der Waals surface area contributed by atoms with Gasteiger partial charge in [0, 0.05) is 65.4 Å². The van der Waals surface area contributed by atoms with Crippen LogP contribution in [0, 0.1) is 5.82 Å². The molecule has 0 radical (unpaired) electrons. The standard InChI is InChI=1S/C33H36ClF4N5O5S/c1-48-32(45)42-30(29(19-7-10-21(34)11-8-19)20-9-14-28(40-16-20)33(36,37)38)31(44)41-25-6-2-5-24(35)23(25)12-13-26-27-18-43(27)22(17-39-26)4-3-15-49(46)47/h2,5-11,14,16,22,26-27,29-30,39H,3-4,12-13,15,17-18H2,1H3,(H,41,44)(H,42,45)(H,46,47)/t22?,26?,27?,29-,30-,43?/m0/s1. The molecule has 0 saturated carbocycles. The molecule has 2 aliphatic heterocycles. The van der Waals surface area contributed by atoms with Crippen molar-refractivity contribution in [3.05, 3.63) is 94.0 Å². The molecule has 0 bridgehead atoms. The Balaban J connectivity index is 1.36. The predicted molar refractivity (Wildman–Crippen MR) is 176 cm³/mol. The van der Waals surface area contributed by atoms with Crippen LogP contribution in [-0.4, -0.2) is 80.8 Å². The molecule has 5 rings (SSSR count). The van der Waals surface area contributed by atoms with Crippen LogP contribution in [0.15, 0.2) is 60.8 Å². The number of anilines is 1. The number of alkyl carbamates (subject to hydrolysis) is 1. The number of rotatable bonds is 13. The van der Waals surface area contributed by atoms with Crippen molar-refractivity contribution in [3.8, 4) is 0 Å². The van der Waals surface area contributed by atoms with Gasteiger partial charge in [-0.3, -0.25) is 14.7 Å². The molecule has 10 nitrogen and oxygen atoms in total. The van der Waals surface area contributed by atoms with Crippen molar-refractivity contribution < 1.29 is 40.6 Å². The molecule has 3 heterocycles. The Bertz CT molecular complexity index is 1650. The highest BCUT2D eigenvalue weighted by atomic mass is 35.5. The van der Waals surface area contributed by atoms with E-state index in [-0.39, 0.29) is 47.1 Å². The van der Waals surface area contributed by atoms with E-state index in [2.05, 4.69) is 25.8 Å². The van der Waals surface area contributed by atoms with E-state index in [1.807, 2.05) is 0 Å². The molecule has 2 aliphatic rings. The summed E-state index contributed by atoms with van der Waals surface area (Å²) in [6, 6.07) is 11.6. The van der Waals surface area contributed by atoms with E-state index in [4.69, 9.17) is 20.9 Å². The molecule has 7 atom stereocenters. The highest BCUT2D eigenvalue weighted by Crippen LogP contribution is 2.35. The minimum atomic E-state index is -4.70. The molecule has 0 spiro atoms. The SMILES string of the molecule is COC(=O)N[C@H](C(=O)Nc1cccc(F)c1CCC1NCC(CCCS(=O)O)N2CC12)[C@@H](c1ccc(Cl)cc1)c1ccc(C(F)(F)F)nc1. The van der Waals surface area contributed by atoms with Gasteiger partial charge in [0.15, 0.2) is 11.1 Å². The van der Waals surface area contributed by atoms with E-state index < -0.39 is 52.7 Å². The minimum absolute atomic E-state index is 0.0709. The largest absolute Gasteiger partial charge is 0.453 e. The Morgan fingerprint density at radius 2 is 1.88 bits per heavy atom. The van der Waals surface area contributed by atoms with Crippen molar-refractivity contribution in [3.63, 3.8) is 0 Å². The van der Waals surface area contributed by atoms with Crippen molar-refractivity contribution in [2.45, 2.75) is 61.9 Å². The third-order valence-corrected chi connectivity index (χ3v) is 9.81. The molecule has 3 aromatic rings. The molecular weight excluding hydrogens is 690 g/mol. The number of alkyl halides is 3. The number of carbonyl (C=O) groups excluding carboxylic acids is 2. The van der Waals surface area contributed by atoms with Crippen molar-refractivity contribution in [1.29, 1.82) is 0 Å². The second kappa shape index (κ2) is 15.9. The lowest BCUT2D eigenvalue weighted by Crippen LogP contribution is -2.49. The van der Waals surface area contributed by atoms with E-state index in [9.17, 15) is 27.0 Å². The fourth-order valence-corrected chi connectivity index (χ4v) is 6.96. The molecule has 16 heteroatoms. The summed E-state index contributed by atoms with van der Waals surface area (Å²) in [5, 5.41) is 9.14. The number of methoxy groups -OCH3 is 1. The fraction of sp³-hybridized carbons (Fsp3) is 0.424. The van der Waals surface area contributed by atoms with E-state index >= 15 is 4.39 Å². The van der Waals surface area contributed by atoms with Gasteiger partial charge in [0.05, 0.1) is 7.11 Å². The number of nitrogens with zero attached hydrogens (tertiary/aromatic N) is 2. The van der Waals surface area contributed by atoms with Crippen LogP contribution in [-0.2, 0) is 33.2 Å². The Labute approximate surface area is 288 Å². The van der Waals surface area contributed by atoms with Gasteiger partial charge in [0.1, 0.15) is 17.6 Å². The molecule has 4 N–H and O–H groups in total. The third-order valence-electron chi connectivity index (χ3n) is 8.92. The quantitative estimate of drug-likeness (QED) is 0.105. The lowest BCUT2D eigenvalue weighted by Gasteiger charge is -2.31. The van der Waals surface area contributed by atoms with Crippen molar-refractivity contribution in [2.24, 2.45) is 0 Å². The second-order valence-electron chi connectivity index (χ2n) is 12.0. The van der Waals surface area contributed by atoms with E-state index in [1.165, 1.54) is 18.2 Å². The van der Waals surface area contributed by atoms with Crippen molar-refractivity contribution in [1.82, 2.24) is 20.5 Å². The van der Waals surface area contributed by atoms with Gasteiger partial charge >= 0.3 is 12.3 Å². The number of nitrogens with one attached hydrogen (secondary N) is 3. The summed E-state index contributed by atoms with van der Waals surface area (Å²) >= 11 is 4.27. The fourth-order valence-electron chi connectivity index (χ4n) is 6.42. The zero-order valence-corrected chi connectivity index (χ0v) is 28.0. The topological polar surface area (TPSA) is 133 Å². The summed E-state index contributed by atoms with van der Waals surface area (Å²) in [5.41, 5.74) is -0.0723. The maximum absolute atomic E-state index is 15.3. The van der Waals surface area contributed by atoms with Gasteiger partial charge < -0.3 is 25.2 Å². The number of pyridine rings is 1. The van der Waals surface area contributed by atoms with Gasteiger partial charge in [0.2, 0.25) is 5.91 Å². The van der Waals surface area contributed by atoms with Crippen molar-refractivity contribution in [2.75, 3.05) is 31.3 Å². The maximum Gasteiger partial charge on any atom is 0.433 e. The monoisotopic (exact) mass is 725 g/mol. The first kappa shape index (κ1) is 36.6. The number of carbonyl (C=O) groups is 2. The minimum Gasteiger partial charge on any atom is -0.453 e. The summed E-state index contributed by atoms with van der Waals surface area (Å²) in [5.74, 6) is -2.12. The maximum atomic E-state index is 15.3. The summed E-state index contributed by atoms with van der Waals surface area (Å²) < 4.78 is 80.1. The zero-order chi connectivity index (χ0) is 35.3. The van der Waals surface area contributed by atoms with Gasteiger partial charge in [-0.1, -0.05) is 35.9 Å². The first-order chi connectivity index (χ1) is 23.3. The number of amides is 2. The Morgan fingerprint density at radius 3 is 2.53 bits per heavy atom. The summed E-state index contributed by atoms with van der Waals surface area (Å²) in [4.78, 5) is 32.5.